The number of nitrogens with two attached hydrogens (primary N) is 1. The quantitative estimate of drug-likeness (QED) is 0.520. The maximum absolute atomic E-state index is 8.99. The molecule has 0 heterocycles. The van der Waals surface area contributed by atoms with E-state index in [9.17, 15) is 0 Å². The van der Waals surface area contributed by atoms with Crippen LogP contribution in [-0.2, 0) is 6.42 Å². The molecule has 0 aliphatic carbocycles. The molecule has 3 N–H and O–H groups in total. The Labute approximate surface area is 84.8 Å². The minimum absolute atomic E-state index is 0.611. The van der Waals surface area contributed by atoms with Crippen molar-refractivity contribution in [3.05, 3.63) is 29.3 Å². The van der Waals surface area contributed by atoms with Gasteiger partial charge in [-0.2, -0.15) is 0 Å². The Balaban J connectivity index is 2.96. The van der Waals surface area contributed by atoms with Gasteiger partial charge < -0.3 is 10.8 Å². The maximum Gasteiger partial charge on any atom is 0.112 e. The lowest BCUT2D eigenvalue weighted by molar-refractivity contribution is 0.253. The van der Waals surface area contributed by atoms with Crippen LogP contribution in [0.1, 0.15) is 25.0 Å². The molecule has 0 spiro atoms. The molecule has 1 aromatic rings. The van der Waals surface area contributed by atoms with E-state index >= 15 is 0 Å². The first-order chi connectivity index (χ1) is 6.63. The smallest absolute Gasteiger partial charge is 0.112 e. The summed E-state index contributed by atoms with van der Waals surface area (Å²) in [6.07, 6.45) is 0.356. The van der Waals surface area contributed by atoms with Crippen LogP contribution in [0.5, 0.6) is 0 Å². The molecular formula is C12H15NO. The Morgan fingerprint density at radius 2 is 2.21 bits per heavy atom. The largest absolute Gasteiger partial charge is 0.398 e. The van der Waals surface area contributed by atoms with Crippen LogP contribution in [0.2, 0.25) is 0 Å². The van der Waals surface area contributed by atoms with Gasteiger partial charge in [0.2, 0.25) is 0 Å². The van der Waals surface area contributed by atoms with Crippen molar-refractivity contribution < 1.29 is 5.11 Å². The summed E-state index contributed by atoms with van der Waals surface area (Å²) in [4.78, 5) is 0. The second-order valence-corrected chi connectivity index (χ2v) is 3.22. The van der Waals surface area contributed by atoms with E-state index in [2.05, 4.69) is 18.8 Å². The molecule has 0 saturated heterocycles. The van der Waals surface area contributed by atoms with Crippen LogP contribution in [0, 0.1) is 11.8 Å². The predicted molar refractivity (Wildman–Crippen MR) is 58.8 cm³/mol. The molecule has 0 aliphatic rings. The van der Waals surface area contributed by atoms with E-state index in [1.165, 1.54) is 5.56 Å². The van der Waals surface area contributed by atoms with Crippen molar-refractivity contribution in [3.63, 3.8) is 0 Å². The van der Waals surface area contributed by atoms with E-state index in [1.807, 2.05) is 18.2 Å². The van der Waals surface area contributed by atoms with Gasteiger partial charge in [0, 0.05) is 11.3 Å². The molecule has 0 unspecified atom stereocenters. The number of hydrogen-bond acceptors (Lipinski definition) is 2. The van der Waals surface area contributed by atoms with Crippen molar-refractivity contribution in [1.29, 1.82) is 0 Å². The highest BCUT2D eigenvalue weighted by molar-refractivity contribution is 5.57. The molecule has 14 heavy (non-hydrogen) atoms. The van der Waals surface area contributed by atoms with Crippen LogP contribution in [0.4, 0.5) is 5.69 Å². The van der Waals surface area contributed by atoms with Crippen LogP contribution in [0.15, 0.2) is 18.2 Å². The molecule has 0 saturated carbocycles. The normalized spacial score (nSPS) is 11.6. The molecule has 0 aliphatic heterocycles. The Hall–Kier alpha value is -1.46. The summed E-state index contributed by atoms with van der Waals surface area (Å²) in [6.45, 7) is 3.71. The van der Waals surface area contributed by atoms with Crippen molar-refractivity contribution in [2.45, 2.75) is 26.4 Å². The van der Waals surface area contributed by atoms with Crippen LogP contribution in [0.25, 0.3) is 0 Å². The summed E-state index contributed by atoms with van der Waals surface area (Å²) in [7, 11) is 0. The summed E-state index contributed by atoms with van der Waals surface area (Å²) in [5.41, 5.74) is 8.46. The average molecular weight is 189 g/mol. The molecule has 0 fully saturated rings. The first-order valence-electron chi connectivity index (χ1n) is 4.71. The summed E-state index contributed by atoms with van der Waals surface area (Å²) in [6, 6.07) is 5.82. The van der Waals surface area contributed by atoms with Crippen LogP contribution in [-0.4, -0.2) is 11.2 Å². The molecule has 1 aromatic carbocycles. The predicted octanol–water partition coefficient (Wildman–Crippen LogP) is 1.56. The summed E-state index contributed by atoms with van der Waals surface area (Å²) in [5, 5.41) is 8.99. The third kappa shape index (κ3) is 2.79. The van der Waals surface area contributed by atoms with E-state index in [0.29, 0.717) is 5.69 Å². The van der Waals surface area contributed by atoms with E-state index in [0.717, 1.165) is 12.0 Å². The number of aliphatic hydroxyl groups is 1. The standard InChI is InChI=1S/C12H15NO/c1-3-10-5-7-11(12(13)8-10)6-4-9(2)14/h5,7-9,14H,3,13H2,1-2H3/t9-/m1/s1. The van der Waals surface area contributed by atoms with Gasteiger partial charge in [-0.1, -0.05) is 24.8 Å². The van der Waals surface area contributed by atoms with Crippen LogP contribution < -0.4 is 5.73 Å². The van der Waals surface area contributed by atoms with Gasteiger partial charge in [0.15, 0.2) is 0 Å². The molecule has 1 atom stereocenters. The second-order valence-electron chi connectivity index (χ2n) is 3.22. The van der Waals surface area contributed by atoms with Crippen molar-refractivity contribution in [2.75, 3.05) is 5.73 Å². The zero-order chi connectivity index (χ0) is 10.6. The Bertz CT molecular complexity index is 372. The molecule has 0 aromatic heterocycles. The van der Waals surface area contributed by atoms with E-state index in [-0.39, 0.29) is 0 Å². The van der Waals surface area contributed by atoms with Crippen molar-refractivity contribution in [2.24, 2.45) is 0 Å². The molecule has 74 valence electrons. The number of nitrogen functional groups attached to an aromatic ring is 1. The van der Waals surface area contributed by atoms with Crippen molar-refractivity contribution in [1.82, 2.24) is 0 Å². The van der Waals surface area contributed by atoms with E-state index in [1.54, 1.807) is 6.92 Å². The van der Waals surface area contributed by atoms with E-state index < -0.39 is 6.10 Å². The zero-order valence-electron chi connectivity index (χ0n) is 8.54. The number of hydrogen-bond donors (Lipinski definition) is 2. The van der Waals surface area contributed by atoms with Crippen LogP contribution in [0.3, 0.4) is 0 Å². The summed E-state index contributed by atoms with van der Waals surface area (Å²) < 4.78 is 0. The van der Waals surface area contributed by atoms with Crippen molar-refractivity contribution in [3.8, 4) is 11.8 Å². The lowest BCUT2D eigenvalue weighted by Gasteiger charge is -2.01. The number of benzene rings is 1. The van der Waals surface area contributed by atoms with Crippen LogP contribution >= 0.6 is 0 Å². The lowest BCUT2D eigenvalue weighted by atomic mass is 10.1. The fourth-order valence-electron chi connectivity index (χ4n) is 1.13. The highest BCUT2D eigenvalue weighted by Gasteiger charge is 1.96. The van der Waals surface area contributed by atoms with Gasteiger partial charge in [-0.15, -0.1) is 0 Å². The van der Waals surface area contributed by atoms with Gasteiger partial charge in [0.1, 0.15) is 6.10 Å². The first kappa shape index (κ1) is 10.6. The highest BCUT2D eigenvalue weighted by atomic mass is 16.3. The molecule has 2 nitrogen and oxygen atoms in total. The lowest BCUT2D eigenvalue weighted by Crippen LogP contribution is -1.95. The van der Waals surface area contributed by atoms with E-state index in [4.69, 9.17) is 10.8 Å². The first-order valence-corrected chi connectivity index (χ1v) is 4.71. The van der Waals surface area contributed by atoms with Gasteiger partial charge in [-0.25, -0.2) is 0 Å². The fourth-order valence-corrected chi connectivity index (χ4v) is 1.13. The minimum Gasteiger partial charge on any atom is -0.398 e. The summed E-state index contributed by atoms with van der Waals surface area (Å²) >= 11 is 0. The average Bonchev–Trinajstić information content (AvgIpc) is 2.15. The number of aliphatic hydroxyl groups excluding tert-OH is 1. The van der Waals surface area contributed by atoms with Crippen molar-refractivity contribution >= 4 is 5.69 Å². The molecule has 0 bridgehead atoms. The molecule has 1 rings (SSSR count). The Morgan fingerprint density at radius 1 is 1.50 bits per heavy atom. The Morgan fingerprint density at radius 3 is 2.71 bits per heavy atom. The number of rotatable bonds is 1. The zero-order valence-corrected chi connectivity index (χ0v) is 8.54. The molecular weight excluding hydrogens is 174 g/mol. The van der Waals surface area contributed by atoms with Gasteiger partial charge in [0.05, 0.1) is 0 Å². The molecule has 0 radical (unpaired) electrons. The van der Waals surface area contributed by atoms with Gasteiger partial charge in [0.25, 0.3) is 0 Å². The van der Waals surface area contributed by atoms with Gasteiger partial charge in [-0.3, -0.25) is 0 Å². The maximum atomic E-state index is 8.99. The molecule has 2 heteroatoms. The molecule has 0 amide bonds. The highest BCUT2D eigenvalue weighted by Crippen LogP contribution is 2.13. The fraction of sp³-hybridized carbons (Fsp3) is 0.333. The van der Waals surface area contributed by atoms with Gasteiger partial charge >= 0.3 is 0 Å². The third-order valence-corrected chi connectivity index (χ3v) is 1.94. The SMILES string of the molecule is CCc1ccc(C#C[C@@H](C)O)c(N)c1. The van der Waals surface area contributed by atoms with Gasteiger partial charge in [-0.05, 0) is 31.0 Å². The summed E-state index contributed by atoms with van der Waals surface area (Å²) in [5.74, 6) is 5.50. The number of aryl methyl sites for hydroxylation is 1. The Kier molecular flexibility index (Phi) is 3.55. The number of anilines is 1. The minimum atomic E-state index is -0.611. The topological polar surface area (TPSA) is 46.2 Å². The monoisotopic (exact) mass is 189 g/mol. The third-order valence-electron chi connectivity index (χ3n) is 1.94. The second kappa shape index (κ2) is 4.69.